The second-order valence-electron chi connectivity index (χ2n) is 6.19. The lowest BCUT2D eigenvalue weighted by atomic mass is 10.1. The first-order valence-electron chi connectivity index (χ1n) is 7.95. The largest absolute Gasteiger partial charge is 0.356 e. The standard InChI is InChI=1S/C16H25N3O2S/c1-5-13-11(4)18-16-19(15(13)21)12(9-22-16)8-14(20)17-7-6-10(2)3/h10,12H,5-9H2,1-4H3,(H,17,20). The molecule has 1 aliphatic rings. The summed E-state index contributed by atoms with van der Waals surface area (Å²) in [4.78, 5) is 29.2. The predicted octanol–water partition coefficient (Wildman–Crippen LogP) is 2.31. The fourth-order valence-corrected chi connectivity index (χ4v) is 3.85. The molecular formula is C16H25N3O2S. The number of hydrogen-bond acceptors (Lipinski definition) is 4. The van der Waals surface area contributed by atoms with Crippen LogP contribution >= 0.6 is 11.8 Å². The van der Waals surface area contributed by atoms with E-state index in [9.17, 15) is 9.59 Å². The molecule has 0 spiro atoms. The van der Waals surface area contributed by atoms with Gasteiger partial charge in [0.2, 0.25) is 5.91 Å². The van der Waals surface area contributed by atoms with Gasteiger partial charge in [0, 0.05) is 30.0 Å². The fourth-order valence-electron chi connectivity index (χ4n) is 2.66. The first-order chi connectivity index (χ1) is 10.4. The van der Waals surface area contributed by atoms with Crippen LogP contribution in [-0.2, 0) is 11.2 Å². The van der Waals surface area contributed by atoms with Crippen molar-refractivity contribution < 1.29 is 4.79 Å². The number of amides is 1. The van der Waals surface area contributed by atoms with Gasteiger partial charge >= 0.3 is 0 Å². The van der Waals surface area contributed by atoms with Crippen molar-refractivity contribution in [3.63, 3.8) is 0 Å². The monoisotopic (exact) mass is 323 g/mol. The molecule has 0 aliphatic carbocycles. The van der Waals surface area contributed by atoms with Crippen molar-refractivity contribution in [2.45, 2.75) is 58.2 Å². The van der Waals surface area contributed by atoms with Gasteiger partial charge in [0.15, 0.2) is 5.16 Å². The SMILES string of the molecule is CCc1c(C)nc2n(c1=O)C(CC(=O)NCCC(C)C)CS2. The third kappa shape index (κ3) is 3.72. The Labute approximate surface area is 135 Å². The Morgan fingerprint density at radius 2 is 2.23 bits per heavy atom. The van der Waals surface area contributed by atoms with Crippen molar-refractivity contribution in [3.8, 4) is 0 Å². The molecular weight excluding hydrogens is 298 g/mol. The lowest BCUT2D eigenvalue weighted by Gasteiger charge is -2.15. The van der Waals surface area contributed by atoms with E-state index in [1.54, 1.807) is 16.3 Å². The Balaban J connectivity index is 2.09. The van der Waals surface area contributed by atoms with E-state index in [0.717, 1.165) is 28.6 Å². The van der Waals surface area contributed by atoms with Gasteiger partial charge in [-0.1, -0.05) is 32.5 Å². The summed E-state index contributed by atoms with van der Waals surface area (Å²) in [6.45, 7) is 8.82. The van der Waals surface area contributed by atoms with E-state index in [2.05, 4.69) is 24.1 Å². The van der Waals surface area contributed by atoms with Crippen LogP contribution in [-0.4, -0.2) is 27.8 Å². The molecule has 1 atom stereocenters. The predicted molar refractivity (Wildman–Crippen MR) is 89.5 cm³/mol. The summed E-state index contributed by atoms with van der Waals surface area (Å²) >= 11 is 1.57. The molecule has 1 aromatic rings. The van der Waals surface area contributed by atoms with Crippen molar-refractivity contribution in [1.82, 2.24) is 14.9 Å². The van der Waals surface area contributed by atoms with E-state index in [4.69, 9.17) is 0 Å². The van der Waals surface area contributed by atoms with Crippen LogP contribution in [0.4, 0.5) is 0 Å². The molecule has 1 N–H and O–H groups in total. The fraction of sp³-hybridized carbons (Fsp3) is 0.688. The molecule has 1 aromatic heterocycles. The summed E-state index contributed by atoms with van der Waals surface area (Å²) in [6.07, 6.45) is 2.00. The Hall–Kier alpha value is -1.30. The summed E-state index contributed by atoms with van der Waals surface area (Å²) in [6, 6.07) is -0.0788. The minimum atomic E-state index is -0.0788. The number of hydrogen-bond donors (Lipinski definition) is 1. The summed E-state index contributed by atoms with van der Waals surface area (Å²) in [5.74, 6) is 1.33. The van der Waals surface area contributed by atoms with Crippen molar-refractivity contribution in [2.24, 2.45) is 5.92 Å². The van der Waals surface area contributed by atoms with E-state index in [0.29, 0.717) is 25.3 Å². The first kappa shape index (κ1) is 17.1. The molecule has 1 aliphatic heterocycles. The lowest BCUT2D eigenvalue weighted by molar-refractivity contribution is -0.121. The molecule has 0 bridgehead atoms. The molecule has 2 rings (SSSR count). The number of thioether (sulfide) groups is 1. The maximum absolute atomic E-state index is 12.6. The normalized spacial score (nSPS) is 16.9. The van der Waals surface area contributed by atoms with Crippen LogP contribution in [0.5, 0.6) is 0 Å². The molecule has 5 nitrogen and oxygen atoms in total. The molecule has 2 heterocycles. The van der Waals surface area contributed by atoms with Crippen LogP contribution < -0.4 is 10.9 Å². The molecule has 0 fully saturated rings. The highest BCUT2D eigenvalue weighted by molar-refractivity contribution is 7.99. The molecule has 1 unspecified atom stereocenters. The number of nitrogens with zero attached hydrogens (tertiary/aromatic N) is 2. The Morgan fingerprint density at radius 1 is 1.50 bits per heavy atom. The van der Waals surface area contributed by atoms with Gasteiger partial charge in [-0.25, -0.2) is 4.98 Å². The first-order valence-corrected chi connectivity index (χ1v) is 8.94. The molecule has 0 saturated heterocycles. The van der Waals surface area contributed by atoms with Crippen molar-refractivity contribution in [3.05, 3.63) is 21.6 Å². The number of aryl methyl sites for hydroxylation is 1. The molecule has 0 saturated carbocycles. The van der Waals surface area contributed by atoms with E-state index in [-0.39, 0.29) is 17.5 Å². The number of nitrogens with one attached hydrogen (secondary N) is 1. The maximum atomic E-state index is 12.6. The van der Waals surface area contributed by atoms with Gasteiger partial charge in [0.25, 0.3) is 5.56 Å². The molecule has 1 amide bonds. The van der Waals surface area contributed by atoms with Gasteiger partial charge in [-0.2, -0.15) is 0 Å². The highest BCUT2D eigenvalue weighted by atomic mass is 32.2. The van der Waals surface area contributed by atoms with E-state index < -0.39 is 0 Å². The van der Waals surface area contributed by atoms with Crippen molar-refractivity contribution in [2.75, 3.05) is 12.3 Å². The molecule has 0 aromatic carbocycles. The lowest BCUT2D eigenvalue weighted by Crippen LogP contribution is -2.33. The summed E-state index contributed by atoms with van der Waals surface area (Å²) in [7, 11) is 0. The van der Waals surface area contributed by atoms with Gasteiger partial charge < -0.3 is 5.32 Å². The Bertz CT molecular complexity index is 610. The topological polar surface area (TPSA) is 64.0 Å². The average molecular weight is 323 g/mol. The maximum Gasteiger partial charge on any atom is 0.257 e. The highest BCUT2D eigenvalue weighted by Crippen LogP contribution is 2.32. The van der Waals surface area contributed by atoms with Gasteiger partial charge in [-0.15, -0.1) is 0 Å². The van der Waals surface area contributed by atoms with E-state index in [1.165, 1.54) is 0 Å². The third-order valence-electron chi connectivity index (χ3n) is 3.97. The summed E-state index contributed by atoms with van der Waals surface area (Å²) < 4.78 is 1.72. The highest BCUT2D eigenvalue weighted by Gasteiger charge is 2.28. The zero-order valence-electron chi connectivity index (χ0n) is 13.8. The minimum Gasteiger partial charge on any atom is -0.356 e. The van der Waals surface area contributed by atoms with Gasteiger partial charge in [-0.3, -0.25) is 14.2 Å². The second-order valence-corrected chi connectivity index (χ2v) is 7.18. The average Bonchev–Trinajstić information content (AvgIpc) is 2.81. The molecule has 22 heavy (non-hydrogen) atoms. The third-order valence-corrected chi connectivity index (χ3v) is 5.07. The minimum absolute atomic E-state index is 0.0182. The Kier molecular flexibility index (Phi) is 5.67. The van der Waals surface area contributed by atoms with Crippen molar-refractivity contribution in [1.29, 1.82) is 0 Å². The number of aromatic nitrogens is 2. The van der Waals surface area contributed by atoms with Crippen LogP contribution in [0.15, 0.2) is 9.95 Å². The van der Waals surface area contributed by atoms with E-state index >= 15 is 0 Å². The summed E-state index contributed by atoms with van der Waals surface area (Å²) in [5.41, 5.74) is 1.60. The smallest absolute Gasteiger partial charge is 0.257 e. The van der Waals surface area contributed by atoms with Gasteiger partial charge in [-0.05, 0) is 25.7 Å². The number of carbonyl (C=O) groups excluding carboxylic acids is 1. The Morgan fingerprint density at radius 3 is 2.86 bits per heavy atom. The number of fused-ring (bicyclic) bond motifs is 1. The second kappa shape index (κ2) is 7.31. The number of rotatable bonds is 6. The molecule has 6 heteroatoms. The molecule has 0 radical (unpaired) electrons. The zero-order valence-corrected chi connectivity index (χ0v) is 14.6. The van der Waals surface area contributed by atoms with Crippen LogP contribution in [0.1, 0.15) is 50.9 Å². The van der Waals surface area contributed by atoms with E-state index in [1.807, 2.05) is 13.8 Å². The molecule has 122 valence electrons. The quantitative estimate of drug-likeness (QED) is 0.816. The van der Waals surface area contributed by atoms with Crippen LogP contribution in [0.2, 0.25) is 0 Å². The van der Waals surface area contributed by atoms with Crippen LogP contribution in [0.25, 0.3) is 0 Å². The summed E-state index contributed by atoms with van der Waals surface area (Å²) in [5, 5.41) is 3.70. The van der Waals surface area contributed by atoms with Gasteiger partial charge in [0.1, 0.15) is 0 Å². The zero-order chi connectivity index (χ0) is 16.3. The van der Waals surface area contributed by atoms with Crippen LogP contribution in [0, 0.1) is 12.8 Å². The number of carbonyl (C=O) groups is 1. The van der Waals surface area contributed by atoms with Gasteiger partial charge in [0.05, 0.1) is 6.04 Å². The van der Waals surface area contributed by atoms with Crippen molar-refractivity contribution >= 4 is 17.7 Å². The van der Waals surface area contributed by atoms with Crippen LogP contribution in [0.3, 0.4) is 0 Å².